The molecule has 2 heterocycles. The maximum Gasteiger partial charge on any atom is 0.159 e. The van der Waals surface area contributed by atoms with Crippen LogP contribution in [0.4, 0.5) is 0 Å². The van der Waals surface area contributed by atoms with Crippen molar-refractivity contribution in [3.8, 4) is 0 Å². The molecule has 1 unspecified atom stereocenters. The monoisotopic (exact) mass is 434 g/mol. The second-order valence-corrected chi connectivity index (χ2v) is 12.0. The Labute approximate surface area is 189 Å². The number of fused-ring (bicyclic) bond motifs is 8. The minimum atomic E-state index is -0.288. The summed E-state index contributed by atoms with van der Waals surface area (Å²) >= 11 is 0. The number of carbonyl (C=O) groups is 1. The third-order valence-corrected chi connectivity index (χ3v) is 10.9. The van der Waals surface area contributed by atoms with E-state index in [1.165, 1.54) is 38.5 Å². The van der Waals surface area contributed by atoms with Gasteiger partial charge in [0, 0.05) is 12.1 Å². The molecule has 9 atom stereocenters. The minimum absolute atomic E-state index is 0.133. The fourth-order valence-corrected chi connectivity index (χ4v) is 9.34. The third-order valence-electron chi connectivity index (χ3n) is 10.9. The molecular formula is C26H34N4O2. The number of aromatic nitrogens is 4. The molecule has 5 aliphatic rings. The first-order chi connectivity index (χ1) is 15.5. The molecule has 0 bridgehead atoms. The highest BCUT2D eigenvalue weighted by molar-refractivity contribution is 5.82. The number of nitrogens with zero attached hydrogens (tertiary/aromatic N) is 4. The molecule has 32 heavy (non-hydrogen) atoms. The van der Waals surface area contributed by atoms with E-state index in [0.29, 0.717) is 17.6 Å². The third kappa shape index (κ3) is 2.68. The lowest BCUT2D eigenvalue weighted by Crippen LogP contribution is -2.50. The smallest absolute Gasteiger partial charge is 0.159 e. The van der Waals surface area contributed by atoms with Crippen molar-refractivity contribution in [1.29, 1.82) is 0 Å². The molecule has 5 aliphatic carbocycles. The summed E-state index contributed by atoms with van der Waals surface area (Å²) in [7, 11) is 0. The van der Waals surface area contributed by atoms with E-state index < -0.39 is 0 Å². The normalized spacial score (nSPS) is 46.8. The quantitative estimate of drug-likeness (QED) is 0.789. The lowest BCUT2D eigenvalue weighted by atomic mass is 9.49. The summed E-state index contributed by atoms with van der Waals surface area (Å²) in [5.74, 6) is 4.95. The van der Waals surface area contributed by atoms with E-state index in [0.717, 1.165) is 54.0 Å². The van der Waals surface area contributed by atoms with Crippen molar-refractivity contribution < 1.29 is 9.90 Å². The molecule has 0 spiro atoms. The molecule has 0 radical (unpaired) electrons. The van der Waals surface area contributed by atoms with Crippen molar-refractivity contribution in [3.63, 3.8) is 0 Å². The van der Waals surface area contributed by atoms with E-state index in [4.69, 9.17) is 0 Å². The maximum atomic E-state index is 13.5. The van der Waals surface area contributed by atoms with E-state index in [2.05, 4.69) is 22.1 Å². The van der Waals surface area contributed by atoms with Gasteiger partial charge in [-0.15, -0.1) is 0 Å². The Bertz CT molecular complexity index is 1050. The van der Waals surface area contributed by atoms with Crippen molar-refractivity contribution in [1.82, 2.24) is 20.0 Å². The average molecular weight is 435 g/mol. The van der Waals surface area contributed by atoms with E-state index >= 15 is 0 Å². The van der Waals surface area contributed by atoms with Crippen LogP contribution in [0.15, 0.2) is 18.5 Å². The van der Waals surface area contributed by atoms with E-state index in [-0.39, 0.29) is 23.5 Å². The van der Waals surface area contributed by atoms with Gasteiger partial charge in [0.2, 0.25) is 0 Å². The molecular weight excluding hydrogens is 400 g/mol. The average Bonchev–Trinajstić information content (AvgIpc) is 3.13. The number of Topliss-reactive ketones (excluding diaryl/α,β-unsaturated/α-hetero) is 1. The van der Waals surface area contributed by atoms with Crippen molar-refractivity contribution in [2.45, 2.75) is 76.9 Å². The summed E-state index contributed by atoms with van der Waals surface area (Å²) in [6, 6.07) is 1.85. The first-order valence-corrected chi connectivity index (χ1v) is 12.9. The first kappa shape index (κ1) is 19.6. The summed E-state index contributed by atoms with van der Waals surface area (Å²) in [5, 5.41) is 19.7. The minimum Gasteiger partial charge on any atom is -0.390 e. The molecule has 0 aromatic carbocycles. The van der Waals surface area contributed by atoms with Gasteiger partial charge in [-0.05, 0) is 105 Å². The van der Waals surface area contributed by atoms with Crippen molar-refractivity contribution >= 4 is 16.8 Å². The lowest BCUT2D eigenvalue weighted by molar-refractivity contribution is -0.132. The van der Waals surface area contributed by atoms with Crippen molar-refractivity contribution in [3.05, 3.63) is 18.5 Å². The van der Waals surface area contributed by atoms with Crippen molar-refractivity contribution in [2.75, 3.05) is 0 Å². The Morgan fingerprint density at radius 2 is 1.75 bits per heavy atom. The highest BCUT2D eigenvalue weighted by Crippen LogP contribution is 2.68. The molecule has 6 heteroatoms. The zero-order valence-electron chi connectivity index (χ0n) is 19.0. The zero-order valence-corrected chi connectivity index (χ0v) is 19.0. The van der Waals surface area contributed by atoms with Gasteiger partial charge in [0.05, 0.1) is 11.8 Å². The van der Waals surface area contributed by atoms with Crippen LogP contribution in [-0.2, 0) is 11.3 Å². The number of carbonyl (C=O) groups excluding carboxylic acids is 1. The topological polar surface area (TPSA) is 80.9 Å². The predicted octanol–water partition coefficient (Wildman–Crippen LogP) is 4.03. The van der Waals surface area contributed by atoms with Crippen LogP contribution < -0.4 is 0 Å². The van der Waals surface area contributed by atoms with Crippen LogP contribution in [0.5, 0.6) is 0 Å². The molecule has 1 N–H and O–H groups in total. The van der Waals surface area contributed by atoms with Crippen LogP contribution in [0.25, 0.3) is 11.0 Å². The number of hydrogen-bond acceptors (Lipinski definition) is 5. The van der Waals surface area contributed by atoms with Crippen LogP contribution in [0.3, 0.4) is 0 Å². The molecule has 6 nitrogen and oxygen atoms in total. The molecule has 5 fully saturated rings. The molecule has 170 valence electrons. The Kier molecular flexibility index (Phi) is 4.06. The van der Waals surface area contributed by atoms with Gasteiger partial charge >= 0.3 is 0 Å². The highest BCUT2D eigenvalue weighted by Gasteiger charge is 2.65. The van der Waals surface area contributed by atoms with Crippen LogP contribution in [0.2, 0.25) is 0 Å². The number of rotatable bonds is 3. The van der Waals surface area contributed by atoms with Crippen LogP contribution >= 0.6 is 0 Å². The number of pyridine rings is 1. The number of aliphatic hydroxyl groups is 1. The largest absolute Gasteiger partial charge is 0.390 e. The Balaban J connectivity index is 1.09. The van der Waals surface area contributed by atoms with Gasteiger partial charge in [0.25, 0.3) is 0 Å². The standard InChI is InChI=1S/C26H34N4O2/c1-25-9-6-15-16-7-10-26(32)12-21(26)18(16)3-2-17(15)19(25)4-5-20(25)24(31)14-30-28-22-8-11-27-13-23(22)29-30/h8,11,13,15-21,32H,2-7,9-10,12,14H2,1H3/t15-,16-,17-,18-,19+,20-,21?,25+,26+/m1/s1. The first-order valence-electron chi connectivity index (χ1n) is 12.9. The molecule has 2 aromatic heterocycles. The summed E-state index contributed by atoms with van der Waals surface area (Å²) < 4.78 is 0. The predicted molar refractivity (Wildman–Crippen MR) is 119 cm³/mol. The summed E-state index contributed by atoms with van der Waals surface area (Å²) in [5.41, 5.74) is 1.40. The van der Waals surface area contributed by atoms with Gasteiger partial charge in [0.15, 0.2) is 5.78 Å². The molecule has 0 amide bonds. The Morgan fingerprint density at radius 1 is 1.00 bits per heavy atom. The summed E-state index contributed by atoms with van der Waals surface area (Å²) in [6.45, 7) is 2.70. The van der Waals surface area contributed by atoms with E-state index in [1.807, 2.05) is 6.07 Å². The summed E-state index contributed by atoms with van der Waals surface area (Å²) in [4.78, 5) is 19.2. The fourth-order valence-electron chi connectivity index (χ4n) is 9.34. The zero-order chi connectivity index (χ0) is 21.7. The van der Waals surface area contributed by atoms with Crippen LogP contribution in [0, 0.1) is 46.8 Å². The van der Waals surface area contributed by atoms with Crippen LogP contribution in [0.1, 0.15) is 64.7 Å². The van der Waals surface area contributed by atoms with Gasteiger partial charge in [-0.25, -0.2) is 0 Å². The second kappa shape index (κ2) is 6.62. The Morgan fingerprint density at radius 3 is 2.56 bits per heavy atom. The Hall–Kier alpha value is -1.82. The molecule has 0 aliphatic heterocycles. The molecule has 7 rings (SSSR count). The maximum absolute atomic E-state index is 13.5. The number of hydrogen-bond donors (Lipinski definition) is 1. The summed E-state index contributed by atoms with van der Waals surface area (Å²) in [6.07, 6.45) is 14.1. The SMILES string of the molecule is C[C@]12CC[C@@H]3[C@H]4CC[C@]5(O)CC5[C@@H]4CC[C@H]3[C@@H]1CC[C@@H]2C(=O)Cn1nc2ccncc2n1. The highest BCUT2D eigenvalue weighted by atomic mass is 16.3. The van der Waals surface area contributed by atoms with Gasteiger partial charge in [-0.1, -0.05) is 6.92 Å². The van der Waals surface area contributed by atoms with Gasteiger partial charge < -0.3 is 5.11 Å². The van der Waals surface area contributed by atoms with Gasteiger partial charge in [-0.3, -0.25) is 9.78 Å². The molecule has 5 saturated carbocycles. The molecule has 2 aromatic rings. The van der Waals surface area contributed by atoms with Gasteiger partial charge in [-0.2, -0.15) is 15.0 Å². The lowest BCUT2D eigenvalue weighted by Gasteiger charge is -2.56. The number of ketones is 1. The van der Waals surface area contributed by atoms with E-state index in [1.54, 1.807) is 17.2 Å². The van der Waals surface area contributed by atoms with Crippen molar-refractivity contribution in [2.24, 2.45) is 46.8 Å². The van der Waals surface area contributed by atoms with E-state index in [9.17, 15) is 9.90 Å². The van der Waals surface area contributed by atoms with Crippen LogP contribution in [-0.4, -0.2) is 36.5 Å². The van der Waals surface area contributed by atoms with Gasteiger partial charge in [0.1, 0.15) is 17.6 Å². The second-order valence-electron chi connectivity index (χ2n) is 12.0. The molecule has 0 saturated heterocycles. The fraction of sp³-hybridized carbons (Fsp3) is 0.769.